The molecule has 0 spiro atoms. The van der Waals surface area contributed by atoms with Crippen LogP contribution < -0.4 is 5.73 Å². The number of benzene rings is 1. The van der Waals surface area contributed by atoms with Gasteiger partial charge in [-0.25, -0.2) is 0 Å². The zero-order valence-corrected chi connectivity index (χ0v) is 9.82. The van der Waals surface area contributed by atoms with Gasteiger partial charge in [-0.05, 0) is 24.1 Å². The summed E-state index contributed by atoms with van der Waals surface area (Å²) in [5.41, 5.74) is 6.43. The zero-order valence-electron chi connectivity index (χ0n) is 9.82. The first-order valence-electron chi connectivity index (χ1n) is 5.52. The van der Waals surface area contributed by atoms with Crippen molar-refractivity contribution in [3.05, 3.63) is 29.8 Å². The van der Waals surface area contributed by atoms with Crippen LogP contribution in [0.25, 0.3) is 0 Å². The minimum absolute atomic E-state index is 0.140. The van der Waals surface area contributed by atoms with Crippen LogP contribution in [0.3, 0.4) is 0 Å². The van der Waals surface area contributed by atoms with Crippen LogP contribution in [0.5, 0.6) is 5.75 Å². The molecule has 100 valence electrons. The Hall–Kier alpha value is -1.63. The number of carbonyl (C=O) groups is 1. The largest absolute Gasteiger partial charge is 0.508 e. The topological polar surface area (TPSA) is 113 Å². The van der Waals surface area contributed by atoms with Crippen molar-refractivity contribution in [2.45, 2.75) is 18.6 Å². The molecule has 1 rings (SSSR count). The Labute approximate surface area is 105 Å². The van der Waals surface area contributed by atoms with Gasteiger partial charge < -0.3 is 25.8 Å². The fraction of sp³-hybridized carbons (Fsp3) is 0.417. The molecule has 2 unspecified atom stereocenters. The molecule has 6 heteroatoms. The second-order valence-electron chi connectivity index (χ2n) is 3.94. The molecule has 5 N–H and O–H groups in total. The summed E-state index contributed by atoms with van der Waals surface area (Å²) >= 11 is 0. The predicted molar refractivity (Wildman–Crippen MR) is 63.8 cm³/mol. The quantitative estimate of drug-likeness (QED) is 0.493. The summed E-state index contributed by atoms with van der Waals surface area (Å²) in [4.78, 5) is 11.4. The molecule has 0 fully saturated rings. The lowest BCUT2D eigenvalue weighted by atomic mass is 10.1. The van der Waals surface area contributed by atoms with Gasteiger partial charge in [-0.15, -0.1) is 0 Å². The van der Waals surface area contributed by atoms with Gasteiger partial charge in [0.1, 0.15) is 24.5 Å². The van der Waals surface area contributed by atoms with E-state index in [2.05, 4.69) is 0 Å². The van der Waals surface area contributed by atoms with Crippen molar-refractivity contribution in [3.8, 4) is 5.75 Å². The second-order valence-corrected chi connectivity index (χ2v) is 3.94. The summed E-state index contributed by atoms with van der Waals surface area (Å²) in [7, 11) is 0. The van der Waals surface area contributed by atoms with Gasteiger partial charge in [-0.2, -0.15) is 0 Å². The molecular formula is C12H17NO5. The van der Waals surface area contributed by atoms with Crippen LogP contribution in [0.4, 0.5) is 0 Å². The third-order valence-electron chi connectivity index (χ3n) is 2.32. The van der Waals surface area contributed by atoms with Crippen LogP contribution in [-0.2, 0) is 16.0 Å². The highest BCUT2D eigenvalue weighted by Crippen LogP contribution is 2.11. The summed E-state index contributed by atoms with van der Waals surface area (Å²) in [6.07, 6.45) is -0.816. The summed E-state index contributed by atoms with van der Waals surface area (Å²) in [5.74, 6) is -0.503. The molecule has 18 heavy (non-hydrogen) atoms. The Morgan fingerprint density at radius 3 is 2.50 bits per heavy atom. The average Bonchev–Trinajstić information content (AvgIpc) is 2.38. The maximum atomic E-state index is 11.4. The number of phenols is 1. The van der Waals surface area contributed by atoms with Gasteiger partial charge in [0.15, 0.2) is 0 Å². The van der Waals surface area contributed by atoms with Gasteiger partial charge in [0, 0.05) is 0 Å². The number of hydrogen-bond acceptors (Lipinski definition) is 6. The van der Waals surface area contributed by atoms with E-state index in [1.807, 2.05) is 0 Å². The number of esters is 1. The smallest absolute Gasteiger partial charge is 0.323 e. The summed E-state index contributed by atoms with van der Waals surface area (Å²) in [6.45, 7) is -0.751. The molecule has 0 aliphatic rings. The first-order valence-corrected chi connectivity index (χ1v) is 5.52. The Morgan fingerprint density at radius 2 is 1.94 bits per heavy atom. The third kappa shape index (κ3) is 4.70. The average molecular weight is 255 g/mol. The molecule has 0 heterocycles. The van der Waals surface area contributed by atoms with Gasteiger partial charge in [0.2, 0.25) is 0 Å². The van der Waals surface area contributed by atoms with Crippen molar-refractivity contribution < 1.29 is 24.9 Å². The van der Waals surface area contributed by atoms with Crippen molar-refractivity contribution in [3.63, 3.8) is 0 Å². The van der Waals surface area contributed by atoms with Crippen LogP contribution in [0.15, 0.2) is 24.3 Å². The minimum Gasteiger partial charge on any atom is -0.508 e. The number of aliphatic hydroxyl groups is 2. The van der Waals surface area contributed by atoms with Gasteiger partial charge in [0.25, 0.3) is 0 Å². The number of phenolic OH excluding ortho intramolecular Hbond substituents is 1. The molecule has 2 atom stereocenters. The van der Waals surface area contributed by atoms with E-state index in [4.69, 9.17) is 25.8 Å². The number of ether oxygens (including phenoxy) is 1. The first-order chi connectivity index (χ1) is 8.52. The molecule has 0 radical (unpaired) electrons. The van der Waals surface area contributed by atoms with Crippen molar-refractivity contribution >= 4 is 5.97 Å². The first kappa shape index (κ1) is 14.4. The lowest BCUT2D eigenvalue weighted by Gasteiger charge is -2.13. The highest BCUT2D eigenvalue weighted by Gasteiger charge is 2.17. The lowest BCUT2D eigenvalue weighted by molar-refractivity contribution is -0.148. The highest BCUT2D eigenvalue weighted by atomic mass is 16.5. The third-order valence-corrected chi connectivity index (χ3v) is 2.32. The van der Waals surface area contributed by atoms with E-state index in [-0.39, 0.29) is 18.8 Å². The van der Waals surface area contributed by atoms with E-state index in [0.29, 0.717) is 0 Å². The molecule has 0 aliphatic heterocycles. The number of carbonyl (C=O) groups excluding carboxylic acids is 1. The predicted octanol–water partition coefficient (Wildman–Crippen LogP) is -0.842. The van der Waals surface area contributed by atoms with E-state index in [1.165, 1.54) is 12.1 Å². The molecule has 1 aromatic carbocycles. The van der Waals surface area contributed by atoms with E-state index < -0.39 is 24.7 Å². The van der Waals surface area contributed by atoms with Gasteiger partial charge in [-0.1, -0.05) is 12.1 Å². The zero-order chi connectivity index (χ0) is 13.5. The fourth-order valence-electron chi connectivity index (χ4n) is 1.31. The summed E-state index contributed by atoms with van der Waals surface area (Å²) < 4.78 is 4.73. The molecule has 0 bridgehead atoms. The summed E-state index contributed by atoms with van der Waals surface area (Å²) in [5, 5.41) is 26.7. The molecule has 6 nitrogen and oxygen atoms in total. The van der Waals surface area contributed by atoms with Gasteiger partial charge in [0.05, 0.1) is 6.61 Å². The lowest BCUT2D eigenvalue weighted by Crippen LogP contribution is -2.36. The van der Waals surface area contributed by atoms with Crippen molar-refractivity contribution in [2.24, 2.45) is 5.73 Å². The molecule has 0 saturated heterocycles. The molecule has 0 aliphatic carbocycles. The molecular weight excluding hydrogens is 238 g/mol. The van der Waals surface area contributed by atoms with E-state index in [0.717, 1.165) is 5.56 Å². The second kappa shape index (κ2) is 6.95. The standard InChI is InChI=1S/C12H17NO5/c13-11(12(17)18-7-10(16)6-14)5-8-1-3-9(15)4-2-8/h1-4,10-11,14-16H,5-7,13H2. The SMILES string of the molecule is NC(Cc1ccc(O)cc1)C(=O)OCC(O)CO. The van der Waals surface area contributed by atoms with Crippen molar-refractivity contribution in [1.82, 2.24) is 0 Å². The number of rotatable bonds is 6. The minimum atomic E-state index is -1.09. The van der Waals surface area contributed by atoms with Crippen molar-refractivity contribution in [2.75, 3.05) is 13.2 Å². The van der Waals surface area contributed by atoms with Crippen LogP contribution >= 0.6 is 0 Å². The van der Waals surface area contributed by atoms with Crippen molar-refractivity contribution in [1.29, 1.82) is 0 Å². The highest BCUT2D eigenvalue weighted by molar-refractivity contribution is 5.75. The maximum absolute atomic E-state index is 11.4. The maximum Gasteiger partial charge on any atom is 0.323 e. The van der Waals surface area contributed by atoms with Crippen LogP contribution in [-0.4, -0.2) is 46.6 Å². The number of hydrogen-bond donors (Lipinski definition) is 4. The summed E-state index contributed by atoms with van der Waals surface area (Å²) in [6, 6.07) is 5.47. The van der Waals surface area contributed by atoms with Gasteiger partial charge in [-0.3, -0.25) is 4.79 Å². The van der Waals surface area contributed by atoms with E-state index in [9.17, 15) is 4.79 Å². The Morgan fingerprint density at radius 1 is 1.33 bits per heavy atom. The van der Waals surface area contributed by atoms with Crippen LogP contribution in [0.1, 0.15) is 5.56 Å². The number of nitrogens with two attached hydrogens (primary N) is 1. The van der Waals surface area contributed by atoms with Gasteiger partial charge >= 0.3 is 5.97 Å². The fourth-order valence-corrected chi connectivity index (χ4v) is 1.31. The normalized spacial score (nSPS) is 13.9. The Balaban J connectivity index is 2.42. The Bertz CT molecular complexity index is 379. The van der Waals surface area contributed by atoms with Crippen LogP contribution in [0.2, 0.25) is 0 Å². The monoisotopic (exact) mass is 255 g/mol. The Kier molecular flexibility index (Phi) is 5.57. The number of aromatic hydroxyl groups is 1. The van der Waals surface area contributed by atoms with E-state index in [1.54, 1.807) is 12.1 Å². The van der Waals surface area contributed by atoms with E-state index >= 15 is 0 Å². The molecule has 0 aromatic heterocycles. The number of aliphatic hydroxyl groups excluding tert-OH is 2. The van der Waals surface area contributed by atoms with Crippen LogP contribution in [0, 0.1) is 0 Å². The molecule has 0 amide bonds. The molecule has 0 saturated carbocycles. The molecule has 1 aromatic rings.